The van der Waals surface area contributed by atoms with Gasteiger partial charge in [0.15, 0.2) is 0 Å². The van der Waals surface area contributed by atoms with Crippen molar-refractivity contribution in [3.05, 3.63) is 82.0 Å². The van der Waals surface area contributed by atoms with Crippen LogP contribution in [0.25, 0.3) is 21.7 Å². The largest absolute Gasteiger partial charge is 0.305 e. The van der Waals surface area contributed by atoms with Gasteiger partial charge in [-0.25, -0.2) is 10.2 Å². The molecule has 1 aliphatic rings. The van der Waals surface area contributed by atoms with E-state index in [1.807, 2.05) is 48.7 Å². The third-order valence-corrected chi connectivity index (χ3v) is 6.16. The summed E-state index contributed by atoms with van der Waals surface area (Å²) in [5.74, 6) is -0.669. The molecule has 0 saturated heterocycles. The van der Waals surface area contributed by atoms with E-state index in [2.05, 4.69) is 21.4 Å². The maximum absolute atomic E-state index is 13.5. The molecule has 5 rings (SSSR count). The van der Waals surface area contributed by atoms with Crippen LogP contribution in [0.3, 0.4) is 0 Å². The Balaban J connectivity index is 1.69. The van der Waals surface area contributed by atoms with Gasteiger partial charge in [0.05, 0.1) is 23.8 Å². The fourth-order valence-corrected chi connectivity index (χ4v) is 4.59. The molecule has 2 amide bonds. The van der Waals surface area contributed by atoms with Crippen molar-refractivity contribution < 1.29 is 14.4 Å². The number of hydrogen-bond donors (Lipinski definition) is 1. The molecule has 0 atom stereocenters. The van der Waals surface area contributed by atoms with Gasteiger partial charge in [-0.2, -0.15) is 5.01 Å². The molecule has 6 nitrogen and oxygen atoms in total. The predicted octanol–water partition coefficient (Wildman–Crippen LogP) is 4.18. The minimum atomic E-state index is -0.335. The van der Waals surface area contributed by atoms with E-state index in [1.165, 1.54) is 5.01 Å². The summed E-state index contributed by atoms with van der Waals surface area (Å²) in [5.41, 5.74) is 5.70. The number of carbonyl (C=O) groups is 2. The van der Waals surface area contributed by atoms with E-state index in [1.54, 1.807) is 23.9 Å². The lowest BCUT2D eigenvalue weighted by atomic mass is 9.95. The fraction of sp³-hybridized carbons (Fsp3) is 0.130. The third kappa shape index (κ3) is 2.78. The van der Waals surface area contributed by atoms with Gasteiger partial charge in [-0.15, -0.1) is 0 Å². The number of amides is 2. The molecule has 7 heteroatoms. The van der Waals surface area contributed by atoms with Crippen molar-refractivity contribution in [3.8, 4) is 0 Å². The number of nitrogens with one attached hydrogen (secondary N) is 1. The van der Waals surface area contributed by atoms with Gasteiger partial charge >= 0.3 is 0 Å². The number of rotatable bonds is 5. The van der Waals surface area contributed by atoms with Gasteiger partial charge in [-0.1, -0.05) is 46.3 Å². The van der Waals surface area contributed by atoms with Crippen LogP contribution in [-0.2, 0) is 11.3 Å². The summed E-state index contributed by atoms with van der Waals surface area (Å²) in [5, 5.41) is 3.78. The van der Waals surface area contributed by atoms with Crippen LogP contribution in [0.15, 0.2) is 65.3 Å². The van der Waals surface area contributed by atoms with Gasteiger partial charge in [0.25, 0.3) is 11.8 Å². The van der Waals surface area contributed by atoms with Crippen molar-refractivity contribution in [1.82, 2.24) is 10.2 Å². The molecule has 150 valence electrons. The quantitative estimate of drug-likeness (QED) is 0.274. The van der Waals surface area contributed by atoms with Crippen LogP contribution in [0.1, 0.15) is 26.3 Å². The molecular weight excluding hydrogens is 446 g/mol. The summed E-state index contributed by atoms with van der Waals surface area (Å²) in [6.45, 7) is 0.614. The van der Waals surface area contributed by atoms with E-state index in [4.69, 9.17) is 4.84 Å². The molecule has 1 N–H and O–H groups in total. The molecule has 3 aromatic carbocycles. The fourth-order valence-electron chi connectivity index (χ4n) is 4.13. The molecule has 0 fully saturated rings. The average Bonchev–Trinajstić information content (AvgIpc) is 3.12. The van der Waals surface area contributed by atoms with Crippen LogP contribution in [0.5, 0.6) is 0 Å². The molecular formula is C23H18BrN3O3. The molecule has 0 aliphatic carbocycles. The lowest BCUT2D eigenvalue weighted by molar-refractivity contribution is 0.0854. The normalized spacial score (nSPS) is 13.6. The van der Waals surface area contributed by atoms with E-state index in [9.17, 15) is 9.59 Å². The number of nitrogens with zero attached hydrogens (tertiary/aromatic N) is 2. The minimum Gasteiger partial charge on any atom is -0.305 e. The second-order valence-electron chi connectivity index (χ2n) is 7.11. The van der Waals surface area contributed by atoms with Crippen LogP contribution >= 0.6 is 15.9 Å². The highest BCUT2D eigenvalue weighted by atomic mass is 79.9. The van der Waals surface area contributed by atoms with Crippen molar-refractivity contribution in [2.24, 2.45) is 0 Å². The van der Waals surface area contributed by atoms with Crippen molar-refractivity contribution in [2.75, 3.05) is 18.7 Å². The zero-order valence-electron chi connectivity index (χ0n) is 16.2. The molecule has 4 aromatic rings. The van der Waals surface area contributed by atoms with Crippen LogP contribution in [0.4, 0.5) is 0 Å². The first-order valence-electron chi connectivity index (χ1n) is 9.57. The van der Waals surface area contributed by atoms with Gasteiger partial charge in [-0.3, -0.25) is 9.59 Å². The third-order valence-electron chi connectivity index (χ3n) is 5.46. The Morgan fingerprint density at radius 2 is 1.67 bits per heavy atom. The molecule has 2 heterocycles. The highest BCUT2D eigenvalue weighted by molar-refractivity contribution is 9.10. The van der Waals surface area contributed by atoms with Crippen molar-refractivity contribution in [2.45, 2.75) is 6.42 Å². The van der Waals surface area contributed by atoms with E-state index in [0.717, 1.165) is 26.3 Å². The van der Waals surface area contributed by atoms with Crippen LogP contribution < -0.4 is 10.5 Å². The Labute approximate surface area is 181 Å². The smallest absolute Gasteiger partial charge is 0.280 e. The first-order chi connectivity index (χ1) is 14.6. The number of hydroxylamine groups is 1. The summed E-state index contributed by atoms with van der Waals surface area (Å²) in [6, 6.07) is 16.9. The summed E-state index contributed by atoms with van der Waals surface area (Å²) in [4.78, 5) is 31.9. The molecule has 0 radical (unpaired) electrons. The zero-order chi connectivity index (χ0) is 20.8. The molecule has 1 aliphatic heterocycles. The number of halogens is 1. The molecule has 0 spiro atoms. The highest BCUT2D eigenvalue weighted by Gasteiger charge is 2.35. The summed E-state index contributed by atoms with van der Waals surface area (Å²) in [7, 11) is 1.57. The Kier molecular flexibility index (Phi) is 4.66. The first kappa shape index (κ1) is 19.0. The molecule has 1 aromatic heterocycles. The number of para-hydroxylation sites is 1. The zero-order valence-corrected chi connectivity index (χ0v) is 17.8. The monoisotopic (exact) mass is 463 g/mol. The summed E-state index contributed by atoms with van der Waals surface area (Å²) >= 11 is 3.53. The Bertz CT molecular complexity index is 1310. The average molecular weight is 464 g/mol. The van der Waals surface area contributed by atoms with E-state index >= 15 is 0 Å². The topological polar surface area (TPSA) is 63.6 Å². The molecule has 30 heavy (non-hydrogen) atoms. The standard InChI is InChI=1S/C23H18BrN3O3/c1-30-25-12-11-14-13-26(20-8-3-2-5-15(14)20)27-22(28)17-7-4-6-16-19(24)10-9-18(21(16)17)23(27)29/h2-10,13,25H,11-12H2,1H3. The van der Waals surface area contributed by atoms with Gasteiger partial charge in [-0.05, 0) is 41.6 Å². The summed E-state index contributed by atoms with van der Waals surface area (Å²) < 4.78 is 2.53. The SMILES string of the molecule is CONCCc1cn(N2C(=O)c3cccc4c(Br)ccc(c34)C2=O)c2ccccc12. The number of fused-ring (bicyclic) bond motifs is 1. The number of hydrogen-bond acceptors (Lipinski definition) is 4. The maximum atomic E-state index is 13.5. The van der Waals surface area contributed by atoms with E-state index < -0.39 is 0 Å². The molecule has 0 saturated carbocycles. The van der Waals surface area contributed by atoms with E-state index in [-0.39, 0.29) is 11.8 Å². The number of imide groups is 1. The van der Waals surface area contributed by atoms with Gasteiger partial charge < -0.3 is 4.84 Å². The lowest BCUT2D eigenvalue weighted by Crippen LogP contribution is -2.47. The number of benzene rings is 3. The van der Waals surface area contributed by atoms with Crippen molar-refractivity contribution in [3.63, 3.8) is 0 Å². The number of carbonyl (C=O) groups excluding carboxylic acids is 2. The van der Waals surface area contributed by atoms with Crippen LogP contribution in [0.2, 0.25) is 0 Å². The Hall–Kier alpha value is -3.00. The molecule has 0 unspecified atom stereocenters. The Morgan fingerprint density at radius 1 is 0.933 bits per heavy atom. The van der Waals surface area contributed by atoms with Crippen LogP contribution in [-0.4, -0.2) is 30.1 Å². The molecule has 0 bridgehead atoms. The predicted molar refractivity (Wildman–Crippen MR) is 119 cm³/mol. The Morgan fingerprint density at radius 3 is 2.47 bits per heavy atom. The van der Waals surface area contributed by atoms with Crippen molar-refractivity contribution >= 4 is 49.4 Å². The number of aromatic nitrogens is 1. The minimum absolute atomic E-state index is 0.335. The van der Waals surface area contributed by atoms with Gasteiger partial charge in [0.2, 0.25) is 0 Å². The first-order valence-corrected chi connectivity index (χ1v) is 10.4. The second-order valence-corrected chi connectivity index (χ2v) is 7.96. The maximum Gasteiger partial charge on any atom is 0.280 e. The summed E-state index contributed by atoms with van der Waals surface area (Å²) in [6.07, 6.45) is 2.55. The highest BCUT2D eigenvalue weighted by Crippen LogP contribution is 2.35. The lowest BCUT2D eigenvalue weighted by Gasteiger charge is -2.28. The van der Waals surface area contributed by atoms with Gasteiger partial charge in [0.1, 0.15) is 0 Å². The second kappa shape index (κ2) is 7.36. The van der Waals surface area contributed by atoms with Crippen molar-refractivity contribution in [1.29, 1.82) is 0 Å². The van der Waals surface area contributed by atoms with Crippen LogP contribution in [0, 0.1) is 0 Å². The van der Waals surface area contributed by atoms with E-state index in [0.29, 0.717) is 29.5 Å². The van der Waals surface area contributed by atoms with Gasteiger partial charge in [0, 0.05) is 28.0 Å².